The van der Waals surface area contributed by atoms with Crippen molar-refractivity contribution < 1.29 is 8.42 Å². The normalized spacial score (nSPS) is 11.3. The number of nitrogens with two attached hydrogens (primary N) is 1. The van der Waals surface area contributed by atoms with Gasteiger partial charge in [-0.15, -0.1) is 0 Å². The molecule has 0 atom stereocenters. The molecule has 20 heavy (non-hydrogen) atoms. The van der Waals surface area contributed by atoms with Crippen molar-refractivity contribution in [2.45, 2.75) is 4.90 Å². The predicted molar refractivity (Wildman–Crippen MR) is 85.8 cm³/mol. The molecule has 0 fully saturated rings. The summed E-state index contributed by atoms with van der Waals surface area (Å²) in [6, 6.07) is 9.01. The van der Waals surface area contributed by atoms with E-state index in [4.69, 9.17) is 28.9 Å². The Bertz CT molecular complexity index is 746. The lowest BCUT2D eigenvalue weighted by molar-refractivity contribution is 0.601. The highest BCUT2D eigenvalue weighted by molar-refractivity contribution is 9.10. The second-order valence-corrected chi connectivity index (χ2v) is 7.24. The molecule has 0 aliphatic rings. The lowest BCUT2D eigenvalue weighted by Crippen LogP contribution is -2.13. The molecule has 0 saturated carbocycles. The minimum atomic E-state index is -3.80. The monoisotopic (exact) mass is 394 g/mol. The maximum atomic E-state index is 12.3. The third kappa shape index (κ3) is 3.20. The predicted octanol–water partition coefficient (Wildman–Crippen LogP) is 4.14. The Kier molecular flexibility index (Phi) is 4.49. The van der Waals surface area contributed by atoms with Gasteiger partial charge in [0, 0.05) is 10.2 Å². The zero-order valence-corrected chi connectivity index (χ0v) is 13.8. The molecular weight excluding hydrogens is 387 g/mol. The summed E-state index contributed by atoms with van der Waals surface area (Å²) in [6.45, 7) is 0. The number of nitrogen functional groups attached to an aromatic ring is 1. The van der Waals surface area contributed by atoms with Crippen molar-refractivity contribution in [2.75, 3.05) is 10.5 Å². The van der Waals surface area contributed by atoms with Gasteiger partial charge in [-0.25, -0.2) is 8.42 Å². The number of hydrogen-bond donors (Lipinski definition) is 2. The van der Waals surface area contributed by atoms with Gasteiger partial charge in [0.2, 0.25) is 0 Å². The van der Waals surface area contributed by atoms with E-state index < -0.39 is 10.0 Å². The van der Waals surface area contributed by atoms with Crippen molar-refractivity contribution in [3.8, 4) is 0 Å². The van der Waals surface area contributed by atoms with Gasteiger partial charge in [0.25, 0.3) is 10.0 Å². The quantitative estimate of drug-likeness (QED) is 0.767. The third-order valence-electron chi connectivity index (χ3n) is 2.48. The summed E-state index contributed by atoms with van der Waals surface area (Å²) in [5, 5.41) is 0.436. The highest BCUT2D eigenvalue weighted by Gasteiger charge is 2.18. The molecule has 0 radical (unpaired) electrons. The fraction of sp³-hybridized carbons (Fsp3) is 0. The molecule has 2 rings (SSSR count). The molecular formula is C12H9BrCl2N2O2S. The second kappa shape index (κ2) is 5.81. The molecule has 3 N–H and O–H groups in total. The van der Waals surface area contributed by atoms with Crippen LogP contribution in [0, 0.1) is 0 Å². The summed E-state index contributed by atoms with van der Waals surface area (Å²) >= 11 is 15.1. The largest absolute Gasteiger partial charge is 0.398 e. The standard InChI is InChI=1S/C12H9BrCl2N2O2S/c13-8-6-7(4-5-11(8)16)20(18,19)17-12-9(14)2-1-3-10(12)15/h1-6,17H,16H2. The van der Waals surface area contributed by atoms with E-state index in [2.05, 4.69) is 20.7 Å². The van der Waals surface area contributed by atoms with E-state index in [1.54, 1.807) is 18.2 Å². The Morgan fingerprint density at radius 2 is 1.70 bits per heavy atom. The number of para-hydroxylation sites is 1. The first-order valence-corrected chi connectivity index (χ1v) is 8.36. The zero-order valence-electron chi connectivity index (χ0n) is 9.90. The van der Waals surface area contributed by atoms with Crippen LogP contribution in [0.4, 0.5) is 11.4 Å². The van der Waals surface area contributed by atoms with Crippen LogP contribution in [0.15, 0.2) is 45.8 Å². The van der Waals surface area contributed by atoms with Crippen LogP contribution >= 0.6 is 39.1 Å². The molecule has 0 unspecified atom stereocenters. The molecule has 0 heterocycles. The van der Waals surface area contributed by atoms with E-state index >= 15 is 0 Å². The number of halogens is 3. The van der Waals surface area contributed by atoms with Crippen LogP contribution in [0.2, 0.25) is 10.0 Å². The number of benzene rings is 2. The SMILES string of the molecule is Nc1ccc(S(=O)(=O)Nc2c(Cl)cccc2Cl)cc1Br. The van der Waals surface area contributed by atoms with Crippen molar-refractivity contribution in [3.63, 3.8) is 0 Å². The average Bonchev–Trinajstić information content (AvgIpc) is 2.37. The Morgan fingerprint density at radius 3 is 2.25 bits per heavy atom. The highest BCUT2D eigenvalue weighted by atomic mass is 79.9. The second-order valence-electron chi connectivity index (χ2n) is 3.89. The first kappa shape index (κ1) is 15.4. The number of sulfonamides is 1. The molecule has 0 amide bonds. The summed E-state index contributed by atoms with van der Waals surface area (Å²) in [5.41, 5.74) is 6.22. The Morgan fingerprint density at radius 1 is 1.10 bits per heavy atom. The Hall–Kier alpha value is -0.950. The molecule has 4 nitrogen and oxygen atoms in total. The van der Waals surface area contributed by atoms with E-state index in [0.29, 0.717) is 10.2 Å². The number of nitrogens with one attached hydrogen (secondary N) is 1. The summed E-state index contributed by atoms with van der Waals surface area (Å²) in [4.78, 5) is 0.0505. The van der Waals surface area contributed by atoms with Crippen molar-refractivity contribution in [1.29, 1.82) is 0 Å². The highest BCUT2D eigenvalue weighted by Crippen LogP contribution is 2.32. The lowest BCUT2D eigenvalue weighted by Gasteiger charge is -2.11. The van der Waals surface area contributed by atoms with Gasteiger partial charge < -0.3 is 5.73 Å². The molecule has 2 aromatic rings. The topological polar surface area (TPSA) is 72.2 Å². The zero-order chi connectivity index (χ0) is 14.9. The van der Waals surface area contributed by atoms with Crippen LogP contribution in [-0.2, 0) is 10.0 Å². The van der Waals surface area contributed by atoms with Gasteiger partial charge in [-0.2, -0.15) is 0 Å². The average molecular weight is 396 g/mol. The first-order chi connectivity index (χ1) is 9.31. The van der Waals surface area contributed by atoms with Crippen molar-refractivity contribution in [3.05, 3.63) is 50.9 Å². The van der Waals surface area contributed by atoms with Crippen molar-refractivity contribution in [2.24, 2.45) is 0 Å². The first-order valence-electron chi connectivity index (χ1n) is 5.33. The lowest BCUT2D eigenvalue weighted by atomic mass is 10.3. The number of anilines is 2. The number of rotatable bonds is 3. The molecule has 8 heteroatoms. The molecule has 0 aliphatic carbocycles. The molecule has 0 spiro atoms. The van der Waals surface area contributed by atoms with E-state index in [1.807, 2.05) is 0 Å². The summed E-state index contributed by atoms with van der Waals surface area (Å²) in [6.07, 6.45) is 0. The van der Waals surface area contributed by atoms with Crippen molar-refractivity contribution >= 4 is 60.5 Å². The van der Waals surface area contributed by atoms with E-state index in [9.17, 15) is 8.42 Å². The minimum Gasteiger partial charge on any atom is -0.398 e. The molecule has 106 valence electrons. The van der Waals surface area contributed by atoms with E-state index in [-0.39, 0.29) is 20.6 Å². The fourth-order valence-electron chi connectivity index (χ4n) is 1.46. The maximum absolute atomic E-state index is 12.3. The van der Waals surface area contributed by atoms with Gasteiger partial charge >= 0.3 is 0 Å². The molecule has 0 bridgehead atoms. The minimum absolute atomic E-state index is 0.0505. The maximum Gasteiger partial charge on any atom is 0.262 e. The molecule has 2 aromatic carbocycles. The van der Waals surface area contributed by atoms with Crippen molar-refractivity contribution in [1.82, 2.24) is 0 Å². The van der Waals surface area contributed by atoms with Crippen LogP contribution in [0.5, 0.6) is 0 Å². The van der Waals surface area contributed by atoms with Gasteiger partial charge in [0.05, 0.1) is 20.6 Å². The van der Waals surface area contributed by atoms with Gasteiger partial charge in [-0.1, -0.05) is 29.3 Å². The number of hydrogen-bond acceptors (Lipinski definition) is 3. The third-order valence-corrected chi connectivity index (χ3v) is 5.15. The van der Waals surface area contributed by atoms with Gasteiger partial charge in [0.1, 0.15) is 0 Å². The van der Waals surface area contributed by atoms with Crippen LogP contribution in [0.25, 0.3) is 0 Å². The van der Waals surface area contributed by atoms with Crippen LogP contribution in [0.3, 0.4) is 0 Å². The summed E-state index contributed by atoms with van der Waals surface area (Å²) in [7, 11) is -3.80. The Balaban J connectivity index is 2.43. The fourth-order valence-corrected chi connectivity index (χ4v) is 3.72. The smallest absolute Gasteiger partial charge is 0.262 e. The van der Waals surface area contributed by atoms with Gasteiger partial charge in [-0.05, 0) is 46.3 Å². The molecule has 0 aliphatic heterocycles. The molecule has 0 aromatic heterocycles. The summed E-state index contributed by atoms with van der Waals surface area (Å²) < 4.78 is 27.4. The van der Waals surface area contributed by atoms with E-state index in [1.165, 1.54) is 18.2 Å². The van der Waals surface area contributed by atoms with E-state index in [0.717, 1.165) is 0 Å². The van der Waals surface area contributed by atoms with Gasteiger partial charge in [-0.3, -0.25) is 4.72 Å². The molecule has 0 saturated heterocycles. The summed E-state index contributed by atoms with van der Waals surface area (Å²) in [5.74, 6) is 0. The van der Waals surface area contributed by atoms with Crippen LogP contribution in [0.1, 0.15) is 0 Å². The van der Waals surface area contributed by atoms with Crippen LogP contribution in [-0.4, -0.2) is 8.42 Å². The Labute approximate surface area is 135 Å². The van der Waals surface area contributed by atoms with Gasteiger partial charge in [0.15, 0.2) is 0 Å². The van der Waals surface area contributed by atoms with Crippen LogP contribution < -0.4 is 10.5 Å².